The van der Waals surface area contributed by atoms with E-state index in [-0.39, 0.29) is 0 Å². The lowest BCUT2D eigenvalue weighted by molar-refractivity contribution is 0.497. The zero-order valence-corrected chi connectivity index (χ0v) is 8.97. The number of furan rings is 1. The van der Waals surface area contributed by atoms with Gasteiger partial charge in [0.2, 0.25) is 5.95 Å². The van der Waals surface area contributed by atoms with E-state index in [0.29, 0.717) is 6.04 Å². The molecule has 0 radical (unpaired) electrons. The highest BCUT2D eigenvalue weighted by molar-refractivity contribution is 5.27. The first kappa shape index (κ1) is 9.83. The van der Waals surface area contributed by atoms with Gasteiger partial charge in [0, 0.05) is 31.9 Å². The first-order valence-corrected chi connectivity index (χ1v) is 5.02. The molecule has 0 spiro atoms. The fraction of sp³-hybridized carbons (Fsp3) is 0.364. The number of anilines is 1. The molecule has 0 bridgehead atoms. The number of rotatable bonds is 4. The second-order valence-electron chi connectivity index (χ2n) is 3.69. The highest BCUT2D eigenvalue weighted by Gasteiger charge is 2.07. The topological polar surface area (TPSA) is 43.0 Å². The molecule has 4 heteroatoms. The number of imidazole rings is 1. The quantitative estimate of drug-likeness (QED) is 0.830. The predicted octanol–water partition coefficient (Wildman–Crippen LogP) is 2.06. The van der Waals surface area contributed by atoms with Crippen LogP contribution in [-0.4, -0.2) is 15.6 Å². The Bertz CT molecular complexity index is 405. The average molecular weight is 205 g/mol. The third kappa shape index (κ3) is 2.40. The Hall–Kier alpha value is -1.71. The number of hydrogen-bond donors (Lipinski definition) is 1. The van der Waals surface area contributed by atoms with Crippen LogP contribution in [0.1, 0.15) is 12.7 Å². The molecular weight excluding hydrogens is 190 g/mol. The van der Waals surface area contributed by atoms with Crippen LogP contribution < -0.4 is 5.32 Å². The van der Waals surface area contributed by atoms with Gasteiger partial charge in [0.15, 0.2) is 0 Å². The molecule has 1 unspecified atom stereocenters. The third-order valence-electron chi connectivity index (χ3n) is 2.28. The summed E-state index contributed by atoms with van der Waals surface area (Å²) in [5.74, 6) is 1.87. The van der Waals surface area contributed by atoms with Gasteiger partial charge in [-0.25, -0.2) is 4.98 Å². The monoisotopic (exact) mass is 205 g/mol. The molecule has 0 fully saturated rings. The first-order chi connectivity index (χ1) is 7.25. The van der Waals surface area contributed by atoms with Gasteiger partial charge in [0.05, 0.1) is 6.26 Å². The molecule has 1 N–H and O–H groups in total. The highest BCUT2D eigenvalue weighted by atomic mass is 16.3. The summed E-state index contributed by atoms with van der Waals surface area (Å²) < 4.78 is 7.24. The molecule has 0 saturated carbocycles. The normalized spacial score (nSPS) is 12.7. The Morgan fingerprint density at radius 3 is 3.07 bits per heavy atom. The summed E-state index contributed by atoms with van der Waals surface area (Å²) in [7, 11) is 1.97. The maximum absolute atomic E-state index is 5.29. The van der Waals surface area contributed by atoms with E-state index in [0.717, 1.165) is 18.1 Å². The largest absolute Gasteiger partial charge is 0.469 e. The van der Waals surface area contributed by atoms with E-state index in [1.54, 1.807) is 12.5 Å². The van der Waals surface area contributed by atoms with E-state index >= 15 is 0 Å². The minimum absolute atomic E-state index is 0.303. The van der Waals surface area contributed by atoms with E-state index in [4.69, 9.17) is 4.42 Å². The summed E-state index contributed by atoms with van der Waals surface area (Å²) in [6.45, 7) is 2.11. The average Bonchev–Trinajstić information content (AvgIpc) is 2.79. The Morgan fingerprint density at radius 2 is 2.47 bits per heavy atom. The number of hydrogen-bond acceptors (Lipinski definition) is 3. The van der Waals surface area contributed by atoms with Crippen molar-refractivity contribution in [3.63, 3.8) is 0 Å². The highest BCUT2D eigenvalue weighted by Crippen LogP contribution is 2.08. The van der Waals surface area contributed by atoms with Gasteiger partial charge in [-0.3, -0.25) is 0 Å². The lowest BCUT2D eigenvalue weighted by Gasteiger charge is -2.12. The van der Waals surface area contributed by atoms with Crippen LogP contribution in [0.5, 0.6) is 0 Å². The van der Waals surface area contributed by atoms with Gasteiger partial charge in [0.1, 0.15) is 5.76 Å². The molecule has 0 aromatic carbocycles. The molecular formula is C11H15N3O. The van der Waals surface area contributed by atoms with Gasteiger partial charge < -0.3 is 14.3 Å². The second kappa shape index (κ2) is 4.21. The molecule has 0 aliphatic carbocycles. The molecule has 0 aliphatic heterocycles. The van der Waals surface area contributed by atoms with Crippen LogP contribution in [0.4, 0.5) is 5.95 Å². The molecule has 1 atom stereocenters. The van der Waals surface area contributed by atoms with Crippen molar-refractivity contribution in [1.82, 2.24) is 9.55 Å². The number of nitrogens with one attached hydrogen (secondary N) is 1. The Labute approximate surface area is 88.9 Å². The molecule has 15 heavy (non-hydrogen) atoms. The van der Waals surface area contributed by atoms with Crippen molar-refractivity contribution in [2.45, 2.75) is 19.4 Å². The fourth-order valence-electron chi connectivity index (χ4n) is 1.51. The SMILES string of the molecule is CC(Cc1ccco1)Nc1nccn1C. The maximum atomic E-state index is 5.29. The Kier molecular flexibility index (Phi) is 2.76. The van der Waals surface area contributed by atoms with Gasteiger partial charge in [-0.05, 0) is 19.1 Å². The molecule has 2 aromatic rings. The second-order valence-corrected chi connectivity index (χ2v) is 3.69. The van der Waals surface area contributed by atoms with Crippen molar-refractivity contribution in [3.8, 4) is 0 Å². The number of aromatic nitrogens is 2. The lowest BCUT2D eigenvalue weighted by atomic mass is 10.2. The smallest absolute Gasteiger partial charge is 0.202 e. The summed E-state index contributed by atoms with van der Waals surface area (Å²) in [6.07, 6.45) is 6.26. The minimum atomic E-state index is 0.303. The predicted molar refractivity (Wildman–Crippen MR) is 58.7 cm³/mol. The number of aryl methyl sites for hydroxylation is 1. The van der Waals surface area contributed by atoms with E-state index in [1.807, 2.05) is 29.9 Å². The summed E-state index contributed by atoms with van der Waals surface area (Å²) >= 11 is 0. The standard InChI is InChI=1S/C11H15N3O/c1-9(8-10-4-3-7-15-10)13-11-12-5-6-14(11)2/h3-7,9H,8H2,1-2H3,(H,12,13). The van der Waals surface area contributed by atoms with Crippen LogP contribution in [0.25, 0.3) is 0 Å². The van der Waals surface area contributed by atoms with Gasteiger partial charge in [-0.1, -0.05) is 0 Å². The zero-order valence-electron chi connectivity index (χ0n) is 8.97. The molecule has 2 rings (SSSR count). The molecule has 0 aliphatic rings. The maximum Gasteiger partial charge on any atom is 0.202 e. The first-order valence-electron chi connectivity index (χ1n) is 5.02. The van der Waals surface area contributed by atoms with E-state index < -0.39 is 0 Å². The molecule has 2 aromatic heterocycles. The van der Waals surface area contributed by atoms with Crippen LogP contribution in [-0.2, 0) is 13.5 Å². The van der Waals surface area contributed by atoms with Gasteiger partial charge in [-0.2, -0.15) is 0 Å². The van der Waals surface area contributed by atoms with Crippen molar-refractivity contribution >= 4 is 5.95 Å². The van der Waals surface area contributed by atoms with Gasteiger partial charge >= 0.3 is 0 Å². The van der Waals surface area contributed by atoms with Crippen LogP contribution >= 0.6 is 0 Å². The lowest BCUT2D eigenvalue weighted by Crippen LogP contribution is -2.20. The summed E-state index contributed by atoms with van der Waals surface area (Å²) in [5, 5.41) is 3.32. The van der Waals surface area contributed by atoms with E-state index in [9.17, 15) is 0 Å². The summed E-state index contributed by atoms with van der Waals surface area (Å²) in [5.41, 5.74) is 0. The van der Waals surface area contributed by atoms with Crippen LogP contribution in [0.15, 0.2) is 35.2 Å². The van der Waals surface area contributed by atoms with Crippen LogP contribution in [0.2, 0.25) is 0 Å². The van der Waals surface area contributed by atoms with Crippen LogP contribution in [0.3, 0.4) is 0 Å². The molecule has 0 amide bonds. The minimum Gasteiger partial charge on any atom is -0.469 e. The zero-order chi connectivity index (χ0) is 10.7. The third-order valence-corrected chi connectivity index (χ3v) is 2.28. The summed E-state index contributed by atoms with van der Waals surface area (Å²) in [6, 6.07) is 4.19. The Morgan fingerprint density at radius 1 is 1.60 bits per heavy atom. The Balaban J connectivity index is 1.93. The van der Waals surface area contributed by atoms with E-state index in [2.05, 4.69) is 17.2 Å². The van der Waals surface area contributed by atoms with Crippen LogP contribution in [0, 0.1) is 0 Å². The molecule has 2 heterocycles. The van der Waals surface area contributed by atoms with Crippen molar-refractivity contribution in [2.24, 2.45) is 7.05 Å². The van der Waals surface area contributed by atoms with Crippen molar-refractivity contribution < 1.29 is 4.42 Å². The van der Waals surface area contributed by atoms with Gasteiger partial charge in [0.25, 0.3) is 0 Å². The fourth-order valence-corrected chi connectivity index (χ4v) is 1.51. The van der Waals surface area contributed by atoms with Crippen molar-refractivity contribution in [1.29, 1.82) is 0 Å². The van der Waals surface area contributed by atoms with E-state index in [1.165, 1.54) is 0 Å². The van der Waals surface area contributed by atoms with Gasteiger partial charge in [-0.15, -0.1) is 0 Å². The molecule has 4 nitrogen and oxygen atoms in total. The van der Waals surface area contributed by atoms with Crippen molar-refractivity contribution in [2.75, 3.05) is 5.32 Å². The molecule has 80 valence electrons. The summed E-state index contributed by atoms with van der Waals surface area (Å²) in [4.78, 5) is 4.21. The number of nitrogens with zero attached hydrogens (tertiary/aromatic N) is 2. The molecule has 0 saturated heterocycles. The van der Waals surface area contributed by atoms with Crippen molar-refractivity contribution in [3.05, 3.63) is 36.5 Å².